The van der Waals surface area contributed by atoms with Gasteiger partial charge in [0.1, 0.15) is 6.54 Å². The second-order valence-corrected chi connectivity index (χ2v) is 7.24. The fourth-order valence-electron chi connectivity index (χ4n) is 4.26. The minimum absolute atomic E-state index is 0.0202. The molecule has 0 spiro atoms. The summed E-state index contributed by atoms with van der Waals surface area (Å²) in [6, 6.07) is 7.94. The molecule has 1 fully saturated rings. The number of amides is 1. The maximum absolute atomic E-state index is 12.8. The standard InChI is InChI=1S/C20H18F3NO3/c1-11-6-18(24(19(11)26)10-20(21,22)23)27-9-16-14-7-12-4-2-3-5-13(12)15(14)8-17(16)25/h2-6,9,14-15,18H,7-8,10H2,1H3/b16-9+. The van der Waals surface area contributed by atoms with E-state index in [2.05, 4.69) is 0 Å². The number of Topliss-reactive ketones (excluding diaryl/α,β-unsaturated/α-hetero) is 1. The number of ether oxygens (including phenoxy) is 1. The third-order valence-corrected chi connectivity index (χ3v) is 5.49. The molecule has 0 N–H and O–H groups in total. The van der Waals surface area contributed by atoms with Crippen LogP contribution in [0.1, 0.15) is 30.4 Å². The van der Waals surface area contributed by atoms with E-state index in [0.29, 0.717) is 23.3 Å². The zero-order valence-electron chi connectivity index (χ0n) is 14.6. The van der Waals surface area contributed by atoms with Crippen molar-refractivity contribution in [3.05, 3.63) is 58.9 Å². The van der Waals surface area contributed by atoms with Gasteiger partial charge >= 0.3 is 6.18 Å². The van der Waals surface area contributed by atoms with Crippen LogP contribution in [0.25, 0.3) is 0 Å². The SMILES string of the molecule is CC1=CC(O/C=C2/C(=O)CC3c4ccccc4CC23)N(CC(F)(F)F)C1=O. The van der Waals surface area contributed by atoms with Crippen LogP contribution in [-0.4, -0.2) is 35.5 Å². The fourth-order valence-corrected chi connectivity index (χ4v) is 4.26. The first-order valence-corrected chi connectivity index (χ1v) is 8.77. The van der Waals surface area contributed by atoms with E-state index < -0.39 is 24.9 Å². The predicted molar refractivity (Wildman–Crippen MR) is 90.5 cm³/mol. The number of alkyl halides is 3. The summed E-state index contributed by atoms with van der Waals surface area (Å²) in [5.74, 6) is -0.683. The molecule has 27 heavy (non-hydrogen) atoms. The van der Waals surface area contributed by atoms with Crippen molar-refractivity contribution in [1.82, 2.24) is 4.90 Å². The number of benzene rings is 1. The molecule has 2 aliphatic carbocycles. The highest BCUT2D eigenvalue weighted by atomic mass is 19.4. The van der Waals surface area contributed by atoms with Gasteiger partial charge in [-0.05, 0) is 36.5 Å². The Balaban J connectivity index is 1.54. The van der Waals surface area contributed by atoms with Gasteiger partial charge in [-0.1, -0.05) is 24.3 Å². The lowest BCUT2D eigenvalue weighted by Crippen LogP contribution is -2.42. The minimum atomic E-state index is -4.52. The smallest absolute Gasteiger partial charge is 0.406 e. The Hall–Kier alpha value is -2.57. The lowest BCUT2D eigenvalue weighted by atomic mass is 9.95. The van der Waals surface area contributed by atoms with Crippen molar-refractivity contribution in [3.63, 3.8) is 0 Å². The largest absolute Gasteiger partial charge is 0.474 e. The quantitative estimate of drug-likeness (QED) is 0.598. The third kappa shape index (κ3) is 3.15. The molecule has 1 aliphatic heterocycles. The van der Waals surface area contributed by atoms with E-state index in [1.54, 1.807) is 0 Å². The van der Waals surface area contributed by atoms with Gasteiger partial charge in [0.15, 0.2) is 12.0 Å². The molecule has 3 aliphatic rings. The van der Waals surface area contributed by atoms with Crippen LogP contribution in [-0.2, 0) is 20.7 Å². The fraction of sp³-hybridized carbons (Fsp3) is 0.400. The van der Waals surface area contributed by atoms with Gasteiger partial charge in [0.05, 0.1) is 6.26 Å². The lowest BCUT2D eigenvalue weighted by Gasteiger charge is -2.25. The first-order chi connectivity index (χ1) is 12.7. The molecule has 0 radical (unpaired) electrons. The van der Waals surface area contributed by atoms with E-state index in [1.165, 1.54) is 24.8 Å². The Morgan fingerprint density at radius 3 is 2.67 bits per heavy atom. The number of carbonyl (C=O) groups excluding carboxylic acids is 2. The number of carbonyl (C=O) groups is 2. The monoisotopic (exact) mass is 377 g/mol. The van der Waals surface area contributed by atoms with Gasteiger partial charge in [-0.25, -0.2) is 0 Å². The molecule has 0 saturated heterocycles. The zero-order chi connectivity index (χ0) is 19.3. The summed E-state index contributed by atoms with van der Waals surface area (Å²) in [5, 5.41) is 0. The molecule has 1 heterocycles. The first kappa shape index (κ1) is 17.8. The van der Waals surface area contributed by atoms with Crippen LogP contribution in [0.15, 0.2) is 47.7 Å². The number of nitrogens with zero attached hydrogens (tertiary/aromatic N) is 1. The van der Waals surface area contributed by atoms with Crippen LogP contribution in [0.4, 0.5) is 13.2 Å². The maximum atomic E-state index is 12.8. The summed E-state index contributed by atoms with van der Waals surface area (Å²) < 4.78 is 43.8. The van der Waals surface area contributed by atoms with Crippen LogP contribution >= 0.6 is 0 Å². The molecule has 1 amide bonds. The summed E-state index contributed by atoms with van der Waals surface area (Å²) in [6.45, 7) is 0.0610. The molecule has 7 heteroatoms. The molecule has 142 valence electrons. The average molecular weight is 377 g/mol. The highest BCUT2D eigenvalue weighted by Gasteiger charge is 2.45. The predicted octanol–water partition coefficient (Wildman–Crippen LogP) is 3.49. The molecular formula is C20H18F3NO3. The van der Waals surface area contributed by atoms with Gasteiger partial charge in [-0.2, -0.15) is 13.2 Å². The molecule has 3 unspecified atom stereocenters. The molecule has 1 aromatic carbocycles. The molecule has 3 atom stereocenters. The zero-order valence-corrected chi connectivity index (χ0v) is 14.6. The van der Waals surface area contributed by atoms with Crippen molar-refractivity contribution in [2.45, 2.75) is 38.1 Å². The molecule has 4 nitrogen and oxygen atoms in total. The van der Waals surface area contributed by atoms with E-state index in [1.807, 2.05) is 24.3 Å². The van der Waals surface area contributed by atoms with Gasteiger partial charge in [0.25, 0.3) is 5.91 Å². The Morgan fingerprint density at radius 2 is 1.93 bits per heavy atom. The Bertz CT molecular complexity index is 871. The van der Waals surface area contributed by atoms with Gasteiger partial charge < -0.3 is 4.74 Å². The number of ketones is 1. The molecule has 4 rings (SSSR count). The third-order valence-electron chi connectivity index (χ3n) is 5.49. The van der Waals surface area contributed by atoms with Crippen molar-refractivity contribution >= 4 is 11.7 Å². The highest BCUT2D eigenvalue weighted by Crippen LogP contribution is 2.49. The number of rotatable bonds is 3. The van der Waals surface area contributed by atoms with Gasteiger partial charge in [0, 0.05) is 23.5 Å². The van der Waals surface area contributed by atoms with Crippen molar-refractivity contribution in [1.29, 1.82) is 0 Å². The summed E-state index contributed by atoms with van der Waals surface area (Å²) in [6.07, 6.45) is -1.96. The minimum Gasteiger partial charge on any atom is -0.474 e. The highest BCUT2D eigenvalue weighted by molar-refractivity contribution is 5.99. The summed E-state index contributed by atoms with van der Waals surface area (Å²) in [4.78, 5) is 25.0. The topological polar surface area (TPSA) is 46.6 Å². The van der Waals surface area contributed by atoms with Crippen molar-refractivity contribution in [2.75, 3.05) is 6.54 Å². The van der Waals surface area contributed by atoms with E-state index in [4.69, 9.17) is 4.74 Å². The van der Waals surface area contributed by atoms with E-state index in [0.717, 1.165) is 5.56 Å². The summed E-state index contributed by atoms with van der Waals surface area (Å²) in [5.41, 5.74) is 3.04. The Morgan fingerprint density at radius 1 is 1.19 bits per heavy atom. The number of hydrogen-bond acceptors (Lipinski definition) is 3. The lowest BCUT2D eigenvalue weighted by molar-refractivity contribution is -0.169. The van der Waals surface area contributed by atoms with E-state index >= 15 is 0 Å². The van der Waals surface area contributed by atoms with Crippen LogP contribution in [0.5, 0.6) is 0 Å². The summed E-state index contributed by atoms with van der Waals surface area (Å²) in [7, 11) is 0. The summed E-state index contributed by atoms with van der Waals surface area (Å²) >= 11 is 0. The van der Waals surface area contributed by atoms with Gasteiger partial charge in [-0.3, -0.25) is 14.5 Å². The van der Waals surface area contributed by atoms with Gasteiger partial charge in [-0.15, -0.1) is 0 Å². The number of allylic oxidation sites excluding steroid dienone is 1. The van der Waals surface area contributed by atoms with Crippen molar-refractivity contribution in [2.24, 2.45) is 5.92 Å². The Kier molecular flexibility index (Phi) is 4.13. The second-order valence-electron chi connectivity index (χ2n) is 7.24. The number of fused-ring (bicyclic) bond motifs is 3. The van der Waals surface area contributed by atoms with Gasteiger partial charge in [0.2, 0.25) is 0 Å². The molecule has 1 aromatic rings. The van der Waals surface area contributed by atoms with Crippen LogP contribution in [0.2, 0.25) is 0 Å². The number of hydrogen-bond donors (Lipinski definition) is 0. The molecule has 1 saturated carbocycles. The molecular weight excluding hydrogens is 359 g/mol. The number of halogens is 3. The van der Waals surface area contributed by atoms with E-state index in [-0.39, 0.29) is 23.2 Å². The average Bonchev–Trinajstić information content (AvgIpc) is 3.18. The molecule has 0 bridgehead atoms. The van der Waals surface area contributed by atoms with Crippen molar-refractivity contribution in [3.8, 4) is 0 Å². The normalized spacial score (nSPS) is 28.6. The van der Waals surface area contributed by atoms with Crippen molar-refractivity contribution < 1.29 is 27.5 Å². The Labute approximate surface area is 154 Å². The second kappa shape index (κ2) is 6.25. The maximum Gasteiger partial charge on any atom is 0.406 e. The molecule has 0 aromatic heterocycles. The first-order valence-electron chi connectivity index (χ1n) is 8.77. The van der Waals surface area contributed by atoms with E-state index in [9.17, 15) is 22.8 Å². The van der Waals surface area contributed by atoms with Crippen LogP contribution < -0.4 is 0 Å². The van der Waals surface area contributed by atoms with Crippen LogP contribution in [0, 0.1) is 5.92 Å². The van der Waals surface area contributed by atoms with Crippen LogP contribution in [0.3, 0.4) is 0 Å².